The lowest BCUT2D eigenvalue weighted by Gasteiger charge is -2.61. The van der Waals surface area contributed by atoms with Crippen LogP contribution in [0.3, 0.4) is 0 Å². The molecule has 54 heavy (non-hydrogen) atoms. The number of anilines is 3. The fourth-order valence-electron chi connectivity index (χ4n) is 11.9. The van der Waals surface area contributed by atoms with Gasteiger partial charge in [0.25, 0.3) is 0 Å². The Hall–Kier alpha value is -5.44. The van der Waals surface area contributed by atoms with Crippen LogP contribution < -0.4 is 4.90 Å². The molecule has 13 rings (SSSR count). The van der Waals surface area contributed by atoms with E-state index in [4.69, 9.17) is 0 Å². The van der Waals surface area contributed by atoms with Gasteiger partial charge in [0.1, 0.15) is 0 Å². The maximum Gasteiger partial charge on any atom is 0.0465 e. The normalized spacial score (nSPS) is 23.3. The first kappa shape index (κ1) is 31.0. The molecule has 260 valence electrons. The van der Waals surface area contributed by atoms with Crippen molar-refractivity contribution in [1.82, 2.24) is 0 Å². The highest BCUT2D eigenvalue weighted by atomic mass is 32.1. The molecule has 1 spiro atoms. The molecule has 0 amide bonds. The molecule has 0 aliphatic heterocycles. The van der Waals surface area contributed by atoms with Crippen LogP contribution in [-0.2, 0) is 5.41 Å². The van der Waals surface area contributed by atoms with Gasteiger partial charge in [-0.15, -0.1) is 11.3 Å². The number of hydrogen-bond donors (Lipinski definition) is 0. The second-order valence-corrected chi connectivity index (χ2v) is 17.6. The van der Waals surface area contributed by atoms with E-state index in [1.54, 1.807) is 11.1 Å². The van der Waals surface area contributed by atoms with E-state index in [2.05, 4.69) is 169 Å². The number of hydrogen-bond acceptors (Lipinski definition) is 2. The van der Waals surface area contributed by atoms with Crippen molar-refractivity contribution in [2.24, 2.45) is 23.7 Å². The van der Waals surface area contributed by atoms with Gasteiger partial charge >= 0.3 is 0 Å². The van der Waals surface area contributed by atoms with Crippen molar-refractivity contribution in [3.63, 3.8) is 0 Å². The largest absolute Gasteiger partial charge is 0.310 e. The first-order valence-corrected chi connectivity index (χ1v) is 20.7. The Morgan fingerprint density at radius 2 is 1.00 bits per heavy atom. The van der Waals surface area contributed by atoms with E-state index in [0.717, 1.165) is 23.7 Å². The Bertz CT molecular complexity index is 2690. The van der Waals surface area contributed by atoms with E-state index in [1.165, 1.54) is 103 Å². The van der Waals surface area contributed by atoms with Gasteiger partial charge in [0.15, 0.2) is 0 Å². The third-order valence-electron chi connectivity index (χ3n) is 13.9. The molecule has 5 aliphatic rings. The van der Waals surface area contributed by atoms with Crippen molar-refractivity contribution < 1.29 is 0 Å². The number of rotatable bonds is 5. The van der Waals surface area contributed by atoms with Gasteiger partial charge in [-0.25, -0.2) is 0 Å². The summed E-state index contributed by atoms with van der Waals surface area (Å²) in [6.07, 6.45) is 7.04. The van der Waals surface area contributed by atoms with Crippen molar-refractivity contribution in [1.29, 1.82) is 0 Å². The summed E-state index contributed by atoms with van der Waals surface area (Å²) in [5.74, 6) is 3.32. The zero-order chi connectivity index (χ0) is 35.4. The van der Waals surface area contributed by atoms with E-state index >= 15 is 0 Å². The molecule has 7 aromatic carbocycles. The summed E-state index contributed by atoms with van der Waals surface area (Å²) in [4.78, 5) is 2.51. The smallest absolute Gasteiger partial charge is 0.0465 e. The van der Waals surface area contributed by atoms with Crippen LogP contribution in [0.5, 0.6) is 0 Å². The van der Waals surface area contributed by atoms with Crippen LogP contribution in [0.2, 0.25) is 0 Å². The van der Waals surface area contributed by atoms with Crippen LogP contribution in [0.25, 0.3) is 53.6 Å². The van der Waals surface area contributed by atoms with Crippen LogP contribution in [0, 0.1) is 23.7 Å². The molecule has 8 aromatic rings. The quantitative estimate of drug-likeness (QED) is 0.172. The number of thiophene rings is 1. The van der Waals surface area contributed by atoms with Crippen molar-refractivity contribution in [2.75, 3.05) is 4.90 Å². The fourth-order valence-corrected chi connectivity index (χ4v) is 13.2. The van der Waals surface area contributed by atoms with Crippen LogP contribution in [0.4, 0.5) is 17.1 Å². The predicted octanol–water partition coefficient (Wildman–Crippen LogP) is 14.6. The molecule has 4 fully saturated rings. The molecule has 2 heteroatoms. The molecule has 0 unspecified atom stereocenters. The van der Waals surface area contributed by atoms with Gasteiger partial charge in [0.2, 0.25) is 0 Å². The Morgan fingerprint density at radius 3 is 1.76 bits per heavy atom. The average molecular weight is 712 g/mol. The van der Waals surface area contributed by atoms with Crippen molar-refractivity contribution in [2.45, 2.75) is 37.5 Å². The van der Waals surface area contributed by atoms with Gasteiger partial charge in [0.05, 0.1) is 0 Å². The van der Waals surface area contributed by atoms with E-state index in [0.29, 0.717) is 0 Å². The summed E-state index contributed by atoms with van der Waals surface area (Å²) in [5.41, 5.74) is 14.9. The molecule has 1 heterocycles. The maximum atomic E-state index is 2.62. The molecule has 4 saturated carbocycles. The molecular formula is C52H41NS. The Kier molecular flexibility index (Phi) is 6.75. The van der Waals surface area contributed by atoms with Gasteiger partial charge in [-0.2, -0.15) is 0 Å². The van der Waals surface area contributed by atoms with Gasteiger partial charge in [-0.3, -0.25) is 0 Å². The fraction of sp³-hybridized carbons (Fsp3) is 0.192. The van der Waals surface area contributed by atoms with Crippen LogP contribution in [0.15, 0.2) is 164 Å². The van der Waals surface area contributed by atoms with Crippen LogP contribution >= 0.6 is 11.3 Å². The molecule has 0 atom stereocenters. The van der Waals surface area contributed by atoms with Crippen molar-refractivity contribution >= 4 is 48.6 Å². The maximum absolute atomic E-state index is 2.62. The third-order valence-corrected chi connectivity index (χ3v) is 15.1. The highest BCUT2D eigenvalue weighted by molar-refractivity contribution is 7.26. The summed E-state index contributed by atoms with van der Waals surface area (Å²) in [6.45, 7) is 0. The van der Waals surface area contributed by atoms with Crippen molar-refractivity contribution in [3.05, 3.63) is 175 Å². The molecule has 1 nitrogen and oxygen atoms in total. The number of fused-ring (bicyclic) bond motifs is 6. The van der Waals surface area contributed by atoms with Gasteiger partial charge in [0, 0.05) is 42.6 Å². The second-order valence-electron chi connectivity index (χ2n) is 16.5. The molecule has 0 saturated heterocycles. The second kappa shape index (κ2) is 11.8. The Balaban J connectivity index is 1.01. The summed E-state index contributed by atoms with van der Waals surface area (Å²) in [7, 11) is 0. The molecular weight excluding hydrogens is 671 g/mol. The SMILES string of the molecule is c1ccc(-c2ccc(N(c3ccc(-c4cccc5c4sc4ccccc45)cc3)c3ccc4c(c3)C3(c5ccccc5-4)C4CC5CC(C4)CC3C5)cc2)cc1. The zero-order valence-electron chi connectivity index (χ0n) is 30.3. The standard InChI is InChI=1S/C52H41NS/c1-2-9-35(10-3-1)36-17-21-40(22-18-36)53(41-23-19-37(20-24-41)43-13-8-14-47-46-12-5-7-16-50(46)54-51(43)47)42-25-26-45-44-11-4-6-15-48(44)52(49(45)32-42)38-28-33-27-34(30-38)31-39(52)29-33/h1-26,32-34,38-39H,27-31H2. The van der Waals surface area contributed by atoms with Crippen LogP contribution in [-0.4, -0.2) is 0 Å². The summed E-state index contributed by atoms with van der Waals surface area (Å²) in [6, 6.07) is 61.8. The van der Waals surface area contributed by atoms with Gasteiger partial charge < -0.3 is 4.90 Å². The van der Waals surface area contributed by atoms with E-state index in [9.17, 15) is 0 Å². The number of benzene rings is 7. The minimum atomic E-state index is 0.130. The highest BCUT2D eigenvalue weighted by Crippen LogP contribution is 2.69. The topological polar surface area (TPSA) is 3.24 Å². The summed E-state index contributed by atoms with van der Waals surface area (Å²) < 4.78 is 2.70. The predicted molar refractivity (Wildman–Crippen MR) is 228 cm³/mol. The van der Waals surface area contributed by atoms with Gasteiger partial charge in [-0.05, 0) is 143 Å². The first-order valence-electron chi connectivity index (χ1n) is 19.9. The lowest BCUT2D eigenvalue weighted by atomic mass is 9.43. The first-order chi connectivity index (χ1) is 26.7. The monoisotopic (exact) mass is 711 g/mol. The minimum absolute atomic E-state index is 0.130. The molecule has 5 aliphatic carbocycles. The molecule has 1 aromatic heterocycles. The average Bonchev–Trinajstić information content (AvgIpc) is 3.75. The van der Waals surface area contributed by atoms with Crippen molar-refractivity contribution in [3.8, 4) is 33.4 Å². The van der Waals surface area contributed by atoms with Crippen LogP contribution in [0.1, 0.15) is 43.2 Å². The molecule has 0 radical (unpaired) electrons. The summed E-state index contributed by atoms with van der Waals surface area (Å²) in [5, 5.41) is 2.69. The van der Waals surface area contributed by atoms with Gasteiger partial charge in [-0.1, -0.05) is 121 Å². The van der Waals surface area contributed by atoms with E-state index in [-0.39, 0.29) is 5.41 Å². The van der Waals surface area contributed by atoms with E-state index in [1.807, 2.05) is 11.3 Å². The lowest BCUT2D eigenvalue weighted by molar-refractivity contribution is -0.0399. The lowest BCUT2D eigenvalue weighted by Crippen LogP contribution is -2.55. The third kappa shape index (κ3) is 4.44. The number of nitrogens with zero attached hydrogens (tertiary/aromatic N) is 1. The van der Waals surface area contributed by atoms with E-state index < -0.39 is 0 Å². The summed E-state index contributed by atoms with van der Waals surface area (Å²) >= 11 is 1.90. The molecule has 0 N–H and O–H groups in total. The Morgan fingerprint density at radius 1 is 0.426 bits per heavy atom. The zero-order valence-corrected chi connectivity index (χ0v) is 31.1. The molecule has 4 bridgehead atoms. The Labute approximate surface area is 321 Å². The minimum Gasteiger partial charge on any atom is -0.310 e. The highest BCUT2D eigenvalue weighted by Gasteiger charge is 2.61.